The highest BCUT2D eigenvalue weighted by Gasteiger charge is 2.43. The van der Waals surface area contributed by atoms with Crippen molar-refractivity contribution in [2.24, 2.45) is 5.92 Å². The number of piperazine rings is 1. The number of alkyl halides is 3. The van der Waals surface area contributed by atoms with E-state index in [9.17, 15) is 18.0 Å². The summed E-state index contributed by atoms with van der Waals surface area (Å²) < 4.78 is 38.8. The Morgan fingerprint density at radius 2 is 1.84 bits per heavy atom. The third kappa shape index (κ3) is 5.97. The molecule has 1 amide bonds. The fraction of sp³-hybridized carbons (Fsp3) is 0.909. The van der Waals surface area contributed by atoms with Crippen molar-refractivity contribution in [1.82, 2.24) is 15.5 Å². The molecular weight excluding hydrogens is 283 g/mol. The molecule has 0 aliphatic carbocycles. The van der Waals surface area contributed by atoms with Gasteiger partial charge in [-0.25, -0.2) is 0 Å². The van der Waals surface area contributed by atoms with Gasteiger partial charge in [-0.3, -0.25) is 9.69 Å². The molecule has 1 unspecified atom stereocenters. The van der Waals surface area contributed by atoms with Crippen LogP contribution < -0.4 is 10.6 Å². The maximum absolute atomic E-state index is 12.9. The van der Waals surface area contributed by atoms with Gasteiger partial charge < -0.3 is 10.6 Å². The minimum absolute atomic E-state index is 0. The lowest BCUT2D eigenvalue weighted by Crippen LogP contribution is -2.57. The fourth-order valence-corrected chi connectivity index (χ4v) is 1.85. The van der Waals surface area contributed by atoms with Crippen LogP contribution >= 0.6 is 12.4 Å². The van der Waals surface area contributed by atoms with Gasteiger partial charge in [0.25, 0.3) is 0 Å². The zero-order valence-corrected chi connectivity index (χ0v) is 11.9. The zero-order valence-electron chi connectivity index (χ0n) is 11.1. The third-order valence-electron chi connectivity index (χ3n) is 2.96. The highest BCUT2D eigenvalue weighted by atomic mass is 35.5. The molecule has 0 aromatic heterocycles. The van der Waals surface area contributed by atoms with E-state index >= 15 is 0 Å². The van der Waals surface area contributed by atoms with Crippen LogP contribution in [-0.4, -0.2) is 55.7 Å². The van der Waals surface area contributed by atoms with E-state index in [1.54, 1.807) is 13.8 Å². The van der Waals surface area contributed by atoms with E-state index in [0.717, 1.165) is 0 Å². The van der Waals surface area contributed by atoms with Crippen molar-refractivity contribution in [3.8, 4) is 0 Å². The summed E-state index contributed by atoms with van der Waals surface area (Å²) in [6.07, 6.45) is -4.32. The van der Waals surface area contributed by atoms with Crippen LogP contribution in [0.4, 0.5) is 13.2 Å². The molecule has 1 saturated heterocycles. The molecule has 1 aliphatic rings. The molecule has 1 heterocycles. The first kappa shape index (κ1) is 18.5. The number of carbonyl (C=O) groups excluding carboxylic acids is 1. The van der Waals surface area contributed by atoms with Gasteiger partial charge >= 0.3 is 6.18 Å². The minimum Gasteiger partial charge on any atom is -0.354 e. The second-order valence-corrected chi connectivity index (χ2v) is 4.74. The molecule has 1 rings (SSSR count). The molecule has 1 atom stereocenters. The molecule has 0 radical (unpaired) electrons. The average molecular weight is 304 g/mol. The molecular formula is C11H21ClF3N3O. The van der Waals surface area contributed by atoms with Crippen LogP contribution in [0.1, 0.15) is 13.8 Å². The number of rotatable bonds is 4. The second-order valence-electron chi connectivity index (χ2n) is 4.74. The molecule has 2 N–H and O–H groups in total. The summed E-state index contributed by atoms with van der Waals surface area (Å²) >= 11 is 0. The van der Waals surface area contributed by atoms with Gasteiger partial charge in [-0.2, -0.15) is 13.2 Å². The lowest BCUT2D eigenvalue weighted by molar-refractivity contribution is -0.184. The summed E-state index contributed by atoms with van der Waals surface area (Å²) in [6, 6.07) is -1.60. The number of carbonyl (C=O) groups is 1. The van der Waals surface area contributed by atoms with E-state index in [1.165, 1.54) is 4.90 Å². The van der Waals surface area contributed by atoms with Crippen molar-refractivity contribution in [1.29, 1.82) is 0 Å². The summed E-state index contributed by atoms with van der Waals surface area (Å²) in [5.74, 6) is -0.652. The highest BCUT2D eigenvalue weighted by molar-refractivity contribution is 5.85. The number of hydrogen-bond acceptors (Lipinski definition) is 3. The summed E-state index contributed by atoms with van der Waals surface area (Å²) in [5, 5.41) is 5.37. The Bertz CT molecular complexity index is 281. The minimum atomic E-state index is -4.32. The van der Waals surface area contributed by atoms with E-state index < -0.39 is 12.2 Å². The normalized spacial score (nSPS) is 18.8. The molecule has 4 nitrogen and oxygen atoms in total. The lowest BCUT2D eigenvalue weighted by Gasteiger charge is -2.36. The molecule has 0 spiro atoms. The molecule has 114 valence electrons. The SMILES string of the molecule is CC(C)C(=O)NCC(N1CCNCC1)C(F)(F)F.Cl. The predicted octanol–water partition coefficient (Wildman–Crippen LogP) is 1.02. The van der Waals surface area contributed by atoms with Crippen molar-refractivity contribution in [2.75, 3.05) is 32.7 Å². The second kappa shape index (κ2) is 7.91. The topological polar surface area (TPSA) is 44.4 Å². The average Bonchev–Trinajstić information content (AvgIpc) is 2.28. The Balaban J connectivity index is 0.00000324. The van der Waals surface area contributed by atoms with Crippen LogP contribution in [0.5, 0.6) is 0 Å². The van der Waals surface area contributed by atoms with Gasteiger partial charge in [0.1, 0.15) is 6.04 Å². The number of amides is 1. The van der Waals surface area contributed by atoms with Crippen molar-refractivity contribution < 1.29 is 18.0 Å². The Labute approximate surface area is 117 Å². The zero-order chi connectivity index (χ0) is 13.8. The Kier molecular flexibility index (Phi) is 7.69. The van der Waals surface area contributed by atoms with Crippen LogP contribution in [0.3, 0.4) is 0 Å². The van der Waals surface area contributed by atoms with Crippen LogP contribution in [0.15, 0.2) is 0 Å². The lowest BCUT2D eigenvalue weighted by atomic mass is 10.1. The van der Waals surface area contributed by atoms with Crippen molar-refractivity contribution in [3.63, 3.8) is 0 Å². The van der Waals surface area contributed by atoms with Gasteiger partial charge in [0.05, 0.1) is 0 Å². The number of nitrogens with one attached hydrogen (secondary N) is 2. The van der Waals surface area contributed by atoms with Gasteiger partial charge in [0.15, 0.2) is 0 Å². The van der Waals surface area contributed by atoms with Crippen LogP contribution in [0.25, 0.3) is 0 Å². The van der Waals surface area contributed by atoms with Gasteiger partial charge in [-0.15, -0.1) is 12.4 Å². The molecule has 1 aliphatic heterocycles. The molecule has 0 aromatic rings. The van der Waals surface area contributed by atoms with E-state index in [2.05, 4.69) is 10.6 Å². The van der Waals surface area contributed by atoms with Crippen molar-refractivity contribution in [3.05, 3.63) is 0 Å². The van der Waals surface area contributed by atoms with Crippen LogP contribution in [-0.2, 0) is 4.79 Å². The largest absolute Gasteiger partial charge is 0.405 e. The van der Waals surface area contributed by atoms with Crippen molar-refractivity contribution >= 4 is 18.3 Å². The van der Waals surface area contributed by atoms with Gasteiger partial charge in [-0.05, 0) is 0 Å². The van der Waals surface area contributed by atoms with E-state index in [1.807, 2.05) is 0 Å². The first-order valence-corrected chi connectivity index (χ1v) is 6.11. The predicted molar refractivity (Wildman–Crippen MR) is 69.4 cm³/mol. The monoisotopic (exact) mass is 303 g/mol. The van der Waals surface area contributed by atoms with E-state index in [0.29, 0.717) is 26.2 Å². The van der Waals surface area contributed by atoms with Crippen LogP contribution in [0, 0.1) is 5.92 Å². The van der Waals surface area contributed by atoms with Crippen molar-refractivity contribution in [2.45, 2.75) is 26.1 Å². The highest BCUT2D eigenvalue weighted by Crippen LogP contribution is 2.24. The van der Waals surface area contributed by atoms with E-state index in [4.69, 9.17) is 0 Å². The Morgan fingerprint density at radius 3 is 2.26 bits per heavy atom. The summed E-state index contributed by atoms with van der Waals surface area (Å²) in [7, 11) is 0. The molecule has 0 bridgehead atoms. The fourth-order valence-electron chi connectivity index (χ4n) is 1.85. The third-order valence-corrected chi connectivity index (χ3v) is 2.96. The molecule has 0 aromatic carbocycles. The quantitative estimate of drug-likeness (QED) is 0.815. The number of halogens is 4. The smallest absolute Gasteiger partial charge is 0.354 e. The maximum atomic E-state index is 12.9. The molecule has 19 heavy (non-hydrogen) atoms. The summed E-state index contributed by atoms with van der Waals surface area (Å²) in [5.41, 5.74) is 0. The van der Waals surface area contributed by atoms with Crippen LogP contribution in [0.2, 0.25) is 0 Å². The van der Waals surface area contributed by atoms with Gasteiger partial charge in [0.2, 0.25) is 5.91 Å². The summed E-state index contributed by atoms with van der Waals surface area (Å²) in [6.45, 7) is 4.73. The Morgan fingerprint density at radius 1 is 1.32 bits per heavy atom. The van der Waals surface area contributed by atoms with E-state index in [-0.39, 0.29) is 30.8 Å². The maximum Gasteiger partial charge on any atom is 0.405 e. The number of hydrogen-bond donors (Lipinski definition) is 2. The standard InChI is InChI=1S/C11H20F3N3O.ClH/c1-8(2)10(18)16-7-9(11(12,13)14)17-5-3-15-4-6-17;/h8-9,15H,3-7H2,1-2H3,(H,16,18);1H. The first-order valence-electron chi connectivity index (χ1n) is 6.11. The van der Waals surface area contributed by atoms with Gasteiger partial charge in [-0.1, -0.05) is 13.8 Å². The molecule has 0 saturated carbocycles. The van der Waals surface area contributed by atoms with Gasteiger partial charge in [0, 0.05) is 38.6 Å². The molecule has 8 heteroatoms. The Hall–Kier alpha value is -0.530. The molecule has 1 fully saturated rings. The number of nitrogens with zero attached hydrogens (tertiary/aromatic N) is 1. The first-order chi connectivity index (χ1) is 8.32. The summed E-state index contributed by atoms with van der Waals surface area (Å²) in [4.78, 5) is 12.7.